The van der Waals surface area contributed by atoms with Gasteiger partial charge in [0.1, 0.15) is 0 Å². The van der Waals surface area contributed by atoms with E-state index in [1.54, 1.807) is 26.0 Å². The van der Waals surface area contributed by atoms with Gasteiger partial charge in [-0.2, -0.15) is 5.26 Å². The minimum absolute atomic E-state index is 0.158. The third-order valence-electron chi connectivity index (χ3n) is 4.07. The van der Waals surface area contributed by atoms with E-state index in [4.69, 9.17) is 9.47 Å². The van der Waals surface area contributed by atoms with E-state index >= 15 is 0 Å². The molecule has 1 N–H and O–H groups in total. The predicted octanol–water partition coefficient (Wildman–Crippen LogP) is 4.07. The molecule has 0 spiro atoms. The first kappa shape index (κ1) is 19.0. The maximum atomic E-state index is 9.57. The average Bonchev–Trinajstić information content (AvgIpc) is 2.67. The Kier molecular flexibility index (Phi) is 7.49. The van der Waals surface area contributed by atoms with Gasteiger partial charge in [0.25, 0.3) is 0 Å². The van der Waals surface area contributed by atoms with E-state index < -0.39 is 0 Å². The Bertz CT molecular complexity index is 717. The van der Waals surface area contributed by atoms with Crippen molar-refractivity contribution in [2.75, 3.05) is 27.0 Å². The summed E-state index contributed by atoms with van der Waals surface area (Å²) in [4.78, 5) is 0. The zero-order valence-corrected chi connectivity index (χ0v) is 15.7. The summed E-state index contributed by atoms with van der Waals surface area (Å²) in [5.41, 5.74) is 1.96. The second-order valence-electron chi connectivity index (χ2n) is 5.58. The van der Waals surface area contributed by atoms with Gasteiger partial charge in [-0.05, 0) is 36.8 Å². The highest BCUT2D eigenvalue weighted by atomic mass is 32.2. The molecule has 4 nitrogen and oxygen atoms in total. The van der Waals surface area contributed by atoms with Gasteiger partial charge in [-0.1, -0.05) is 30.4 Å². The van der Waals surface area contributed by atoms with Crippen LogP contribution in [0.25, 0.3) is 0 Å². The van der Waals surface area contributed by atoms with Crippen molar-refractivity contribution in [1.29, 1.82) is 5.26 Å². The lowest BCUT2D eigenvalue weighted by Crippen LogP contribution is -2.18. The third kappa shape index (κ3) is 5.07. The number of nitrogens with one attached hydrogen (secondary N) is 1. The van der Waals surface area contributed by atoms with Gasteiger partial charge in [-0.3, -0.25) is 0 Å². The molecule has 1 aromatic carbocycles. The summed E-state index contributed by atoms with van der Waals surface area (Å²) in [6.07, 6.45) is 11.9. The van der Waals surface area contributed by atoms with Crippen LogP contribution in [0.1, 0.15) is 12.0 Å². The highest BCUT2D eigenvalue weighted by molar-refractivity contribution is 8.02. The van der Waals surface area contributed by atoms with Gasteiger partial charge in [0, 0.05) is 12.5 Å². The first-order valence-corrected chi connectivity index (χ1v) is 9.42. The average molecular weight is 356 g/mol. The lowest BCUT2D eigenvalue weighted by atomic mass is 9.93. The molecule has 1 atom stereocenters. The standard InChI is InChI=1S/C20H24N2O2S/c1-23-18-10-9-15(13-19(18)24-2)11-12-22-20(25-3)17(14-21)16-7-5-4-6-8-16/h4-7,9-10,13,16,22H,8,11-12H2,1-3H3/b20-17-. The fourth-order valence-corrected chi connectivity index (χ4v) is 3.39. The van der Waals surface area contributed by atoms with Gasteiger partial charge in [0.15, 0.2) is 11.5 Å². The molecule has 25 heavy (non-hydrogen) atoms. The Balaban J connectivity index is 2.03. The van der Waals surface area contributed by atoms with Crippen molar-refractivity contribution >= 4 is 11.8 Å². The molecule has 1 aliphatic carbocycles. The molecule has 0 saturated carbocycles. The Labute approximate surface area is 154 Å². The van der Waals surface area contributed by atoms with Crippen LogP contribution in [0.15, 0.2) is 53.1 Å². The predicted molar refractivity (Wildman–Crippen MR) is 104 cm³/mol. The number of hydrogen-bond donors (Lipinski definition) is 1. The van der Waals surface area contributed by atoms with Crippen LogP contribution in [0.3, 0.4) is 0 Å². The van der Waals surface area contributed by atoms with Crippen LogP contribution in [0.5, 0.6) is 11.5 Å². The van der Waals surface area contributed by atoms with Crippen LogP contribution >= 0.6 is 11.8 Å². The van der Waals surface area contributed by atoms with Crippen LogP contribution in [0, 0.1) is 17.2 Å². The second-order valence-corrected chi connectivity index (χ2v) is 6.40. The fourth-order valence-electron chi connectivity index (χ4n) is 2.73. The zero-order valence-electron chi connectivity index (χ0n) is 14.9. The molecule has 1 aromatic rings. The molecule has 1 aliphatic rings. The minimum atomic E-state index is 0.158. The number of benzene rings is 1. The number of allylic oxidation sites excluding steroid dienone is 5. The summed E-state index contributed by atoms with van der Waals surface area (Å²) in [5.74, 6) is 1.62. The summed E-state index contributed by atoms with van der Waals surface area (Å²) < 4.78 is 10.6. The molecular weight excluding hydrogens is 332 g/mol. The van der Waals surface area contributed by atoms with Gasteiger partial charge in [0.2, 0.25) is 0 Å². The SMILES string of the molecule is COc1ccc(CCN/C(SC)=C(\C#N)C2C=CC=CC2)cc1OC. The largest absolute Gasteiger partial charge is 0.493 e. The molecule has 0 radical (unpaired) electrons. The summed E-state index contributed by atoms with van der Waals surface area (Å²) in [7, 11) is 3.27. The van der Waals surface area contributed by atoms with E-state index in [2.05, 4.69) is 23.5 Å². The van der Waals surface area contributed by atoms with E-state index in [0.717, 1.165) is 47.1 Å². The molecule has 0 aliphatic heterocycles. The molecule has 0 aromatic heterocycles. The van der Waals surface area contributed by atoms with Crippen molar-refractivity contribution in [1.82, 2.24) is 5.32 Å². The number of hydrogen-bond acceptors (Lipinski definition) is 5. The molecule has 0 saturated heterocycles. The van der Waals surface area contributed by atoms with Gasteiger partial charge < -0.3 is 14.8 Å². The van der Waals surface area contributed by atoms with Gasteiger partial charge in [-0.15, -0.1) is 11.8 Å². The molecule has 0 amide bonds. The monoisotopic (exact) mass is 356 g/mol. The Morgan fingerprint density at radius 2 is 2.08 bits per heavy atom. The number of rotatable bonds is 8. The smallest absolute Gasteiger partial charge is 0.160 e. The molecule has 1 unspecified atom stereocenters. The highest BCUT2D eigenvalue weighted by Gasteiger charge is 2.16. The number of nitrogens with zero attached hydrogens (tertiary/aromatic N) is 1. The summed E-state index contributed by atoms with van der Waals surface area (Å²) in [6.45, 7) is 0.753. The lowest BCUT2D eigenvalue weighted by molar-refractivity contribution is 0.354. The fraction of sp³-hybridized carbons (Fsp3) is 0.350. The van der Waals surface area contributed by atoms with Crippen molar-refractivity contribution in [3.05, 3.63) is 58.7 Å². The maximum absolute atomic E-state index is 9.57. The van der Waals surface area contributed by atoms with Crippen LogP contribution in [-0.4, -0.2) is 27.0 Å². The van der Waals surface area contributed by atoms with Crippen LogP contribution in [0.2, 0.25) is 0 Å². The van der Waals surface area contributed by atoms with E-state index in [-0.39, 0.29) is 5.92 Å². The molecule has 0 bridgehead atoms. The molecule has 5 heteroatoms. The van der Waals surface area contributed by atoms with E-state index in [1.807, 2.05) is 36.6 Å². The Morgan fingerprint density at radius 3 is 2.68 bits per heavy atom. The van der Waals surface area contributed by atoms with Crippen molar-refractivity contribution in [2.24, 2.45) is 5.92 Å². The van der Waals surface area contributed by atoms with Crippen molar-refractivity contribution < 1.29 is 9.47 Å². The number of ether oxygens (including phenoxy) is 2. The number of nitriles is 1. The van der Waals surface area contributed by atoms with Gasteiger partial charge in [0.05, 0.1) is 30.9 Å². The van der Waals surface area contributed by atoms with E-state index in [1.165, 1.54) is 0 Å². The summed E-state index contributed by atoms with van der Waals surface area (Å²) >= 11 is 1.59. The summed E-state index contributed by atoms with van der Waals surface area (Å²) in [6, 6.07) is 8.32. The first-order valence-electron chi connectivity index (χ1n) is 8.19. The zero-order chi connectivity index (χ0) is 18.1. The van der Waals surface area contributed by atoms with Crippen LogP contribution < -0.4 is 14.8 Å². The quantitative estimate of drug-likeness (QED) is 0.712. The van der Waals surface area contributed by atoms with Crippen LogP contribution in [-0.2, 0) is 6.42 Å². The minimum Gasteiger partial charge on any atom is -0.493 e. The third-order valence-corrected chi connectivity index (χ3v) is 4.84. The maximum Gasteiger partial charge on any atom is 0.160 e. The Morgan fingerprint density at radius 1 is 1.28 bits per heavy atom. The number of methoxy groups -OCH3 is 2. The van der Waals surface area contributed by atoms with Gasteiger partial charge >= 0.3 is 0 Å². The summed E-state index contributed by atoms with van der Waals surface area (Å²) in [5, 5.41) is 13.9. The molecule has 132 valence electrons. The van der Waals surface area contributed by atoms with E-state index in [0.29, 0.717) is 0 Å². The highest BCUT2D eigenvalue weighted by Crippen LogP contribution is 2.28. The van der Waals surface area contributed by atoms with Crippen LogP contribution in [0.4, 0.5) is 0 Å². The van der Waals surface area contributed by atoms with Crippen molar-refractivity contribution in [3.8, 4) is 17.6 Å². The molecular formula is C20H24N2O2S. The lowest BCUT2D eigenvalue weighted by Gasteiger charge is -2.17. The van der Waals surface area contributed by atoms with E-state index in [9.17, 15) is 5.26 Å². The van der Waals surface area contributed by atoms with Crippen molar-refractivity contribution in [2.45, 2.75) is 12.8 Å². The van der Waals surface area contributed by atoms with Crippen molar-refractivity contribution in [3.63, 3.8) is 0 Å². The second kappa shape index (κ2) is 9.85. The van der Waals surface area contributed by atoms with Gasteiger partial charge in [-0.25, -0.2) is 0 Å². The Hall–Kier alpha value is -2.32. The normalized spacial score (nSPS) is 16.8. The molecule has 0 fully saturated rings. The molecule has 0 heterocycles. The topological polar surface area (TPSA) is 54.3 Å². The molecule has 2 rings (SSSR count). The first-order chi connectivity index (χ1) is 12.2. The number of thioether (sulfide) groups is 1.